The lowest BCUT2D eigenvalue weighted by Crippen LogP contribution is -1.99. The molecular weight excluding hydrogens is 269 g/mol. The summed E-state index contributed by atoms with van der Waals surface area (Å²) in [6.45, 7) is 1.39. The lowest BCUT2D eigenvalue weighted by atomic mass is 10.00. The van der Waals surface area contributed by atoms with E-state index in [0.717, 1.165) is 0 Å². The summed E-state index contributed by atoms with van der Waals surface area (Å²) in [4.78, 5) is 16.2. The topological polar surface area (TPSA) is 50.2 Å². The number of Topliss-reactive ketones (excluding diaryl/α,β-unsaturated/α-hetero) is 1. The minimum atomic E-state index is -0.425. The van der Waals surface area contributed by atoms with E-state index in [4.69, 9.17) is 0 Å². The molecule has 1 aromatic heterocycles. The van der Waals surface area contributed by atoms with Crippen LogP contribution in [0, 0.1) is 5.82 Å². The van der Waals surface area contributed by atoms with Gasteiger partial charge in [-0.3, -0.25) is 4.79 Å². The molecule has 0 amide bonds. The Labute approximate surface area is 120 Å². The van der Waals surface area contributed by atoms with Crippen molar-refractivity contribution in [3.8, 4) is 17.0 Å². The first kappa shape index (κ1) is 13.2. The highest BCUT2D eigenvalue weighted by Crippen LogP contribution is 2.35. The first-order chi connectivity index (χ1) is 10.1. The van der Waals surface area contributed by atoms with E-state index in [1.165, 1.54) is 25.1 Å². The number of aromatic nitrogens is 1. The highest BCUT2D eigenvalue weighted by atomic mass is 19.1. The number of pyridine rings is 1. The van der Waals surface area contributed by atoms with E-state index in [-0.39, 0.29) is 22.8 Å². The predicted octanol–water partition coefficient (Wildman–Crippen LogP) is 3.95. The summed E-state index contributed by atoms with van der Waals surface area (Å²) in [6.07, 6.45) is 0. The lowest BCUT2D eigenvalue weighted by Gasteiger charge is -2.11. The molecule has 4 heteroatoms. The second-order valence-electron chi connectivity index (χ2n) is 4.77. The Morgan fingerprint density at radius 2 is 1.90 bits per heavy atom. The summed E-state index contributed by atoms with van der Waals surface area (Å²) in [6, 6.07) is 12.8. The maximum Gasteiger partial charge on any atom is 0.164 e. The largest absolute Gasteiger partial charge is 0.505 e. The van der Waals surface area contributed by atoms with Crippen LogP contribution in [0.3, 0.4) is 0 Å². The number of carbonyl (C=O) groups excluding carboxylic acids is 1. The Morgan fingerprint density at radius 1 is 1.14 bits per heavy atom. The zero-order chi connectivity index (χ0) is 15.0. The van der Waals surface area contributed by atoms with E-state index in [1.807, 2.05) is 0 Å². The van der Waals surface area contributed by atoms with Crippen molar-refractivity contribution in [2.24, 2.45) is 0 Å². The smallest absolute Gasteiger partial charge is 0.164 e. The maximum absolute atomic E-state index is 13.4. The molecule has 1 N–H and O–H groups in total. The van der Waals surface area contributed by atoms with Gasteiger partial charge in [-0.2, -0.15) is 0 Å². The van der Waals surface area contributed by atoms with Gasteiger partial charge < -0.3 is 5.11 Å². The van der Waals surface area contributed by atoms with Gasteiger partial charge in [-0.25, -0.2) is 9.37 Å². The highest BCUT2D eigenvalue weighted by Gasteiger charge is 2.18. The molecule has 3 rings (SSSR count). The SMILES string of the molecule is CC(=O)c1c(O)c(-c2cccc(F)c2)nc2ccccc12. The average Bonchev–Trinajstić information content (AvgIpc) is 2.46. The Hall–Kier alpha value is -2.75. The van der Waals surface area contributed by atoms with Crippen LogP contribution in [0.1, 0.15) is 17.3 Å². The van der Waals surface area contributed by atoms with Gasteiger partial charge >= 0.3 is 0 Å². The lowest BCUT2D eigenvalue weighted by molar-refractivity contribution is 0.101. The second-order valence-corrected chi connectivity index (χ2v) is 4.77. The molecule has 3 aromatic rings. The van der Waals surface area contributed by atoms with Crippen LogP contribution in [0.2, 0.25) is 0 Å². The van der Waals surface area contributed by atoms with Crippen LogP contribution in [0.5, 0.6) is 5.75 Å². The van der Waals surface area contributed by atoms with Crippen LogP contribution >= 0.6 is 0 Å². The fourth-order valence-electron chi connectivity index (χ4n) is 2.40. The molecule has 2 aromatic carbocycles. The molecule has 0 aliphatic carbocycles. The third-order valence-corrected chi connectivity index (χ3v) is 3.32. The van der Waals surface area contributed by atoms with Gasteiger partial charge in [0.15, 0.2) is 11.5 Å². The predicted molar refractivity (Wildman–Crippen MR) is 78.8 cm³/mol. The molecule has 3 nitrogen and oxygen atoms in total. The molecule has 1 heterocycles. The second kappa shape index (κ2) is 4.98. The van der Waals surface area contributed by atoms with Crippen LogP contribution in [-0.4, -0.2) is 15.9 Å². The Kier molecular flexibility index (Phi) is 3.14. The molecular formula is C17H12FNO2. The highest BCUT2D eigenvalue weighted by molar-refractivity contribution is 6.10. The summed E-state index contributed by atoms with van der Waals surface area (Å²) in [5, 5.41) is 11.0. The number of ketones is 1. The summed E-state index contributed by atoms with van der Waals surface area (Å²) in [7, 11) is 0. The van der Waals surface area contributed by atoms with Gasteiger partial charge in [0.2, 0.25) is 0 Å². The first-order valence-corrected chi connectivity index (χ1v) is 6.46. The fraction of sp³-hybridized carbons (Fsp3) is 0.0588. The van der Waals surface area contributed by atoms with E-state index >= 15 is 0 Å². The molecule has 0 unspecified atom stereocenters. The number of nitrogens with zero attached hydrogens (tertiary/aromatic N) is 1. The zero-order valence-electron chi connectivity index (χ0n) is 11.3. The number of para-hydroxylation sites is 1. The number of carbonyl (C=O) groups is 1. The number of fused-ring (bicyclic) bond motifs is 1. The standard InChI is InChI=1S/C17H12FNO2/c1-10(20)15-13-7-2-3-8-14(13)19-16(17(15)21)11-5-4-6-12(18)9-11/h2-9,21H,1H3. The number of halogens is 1. The molecule has 0 atom stereocenters. The summed E-state index contributed by atoms with van der Waals surface area (Å²) < 4.78 is 13.4. The van der Waals surface area contributed by atoms with E-state index < -0.39 is 5.82 Å². The van der Waals surface area contributed by atoms with Gasteiger partial charge in [0, 0.05) is 10.9 Å². The molecule has 0 spiro atoms. The molecule has 0 bridgehead atoms. The quantitative estimate of drug-likeness (QED) is 0.724. The van der Waals surface area contributed by atoms with Gasteiger partial charge in [-0.05, 0) is 25.1 Å². The van der Waals surface area contributed by atoms with Gasteiger partial charge in [-0.1, -0.05) is 30.3 Å². The van der Waals surface area contributed by atoms with Crippen molar-refractivity contribution in [3.05, 3.63) is 59.9 Å². The minimum absolute atomic E-state index is 0.207. The molecule has 104 valence electrons. The normalized spacial score (nSPS) is 10.8. The molecule has 0 fully saturated rings. The van der Waals surface area contributed by atoms with Crippen LogP contribution in [0.4, 0.5) is 4.39 Å². The van der Waals surface area contributed by atoms with Crippen molar-refractivity contribution in [1.82, 2.24) is 4.98 Å². The number of hydrogen-bond acceptors (Lipinski definition) is 3. The van der Waals surface area contributed by atoms with Crippen molar-refractivity contribution in [3.63, 3.8) is 0 Å². The Balaban J connectivity index is 2.39. The van der Waals surface area contributed by atoms with Gasteiger partial charge in [0.05, 0.1) is 11.1 Å². The molecule has 0 saturated heterocycles. The molecule has 0 saturated carbocycles. The van der Waals surface area contributed by atoms with E-state index in [0.29, 0.717) is 16.5 Å². The van der Waals surface area contributed by atoms with Crippen molar-refractivity contribution in [2.45, 2.75) is 6.92 Å². The Morgan fingerprint density at radius 3 is 2.62 bits per heavy atom. The number of aromatic hydroxyl groups is 1. The fourth-order valence-corrected chi connectivity index (χ4v) is 2.40. The third-order valence-electron chi connectivity index (χ3n) is 3.32. The summed E-state index contributed by atoms with van der Waals surface area (Å²) in [5.74, 6) is -0.901. The zero-order valence-corrected chi connectivity index (χ0v) is 11.3. The van der Waals surface area contributed by atoms with E-state index in [1.54, 1.807) is 30.3 Å². The minimum Gasteiger partial charge on any atom is -0.505 e. The number of benzene rings is 2. The van der Waals surface area contributed by atoms with Gasteiger partial charge in [0.25, 0.3) is 0 Å². The van der Waals surface area contributed by atoms with Crippen LogP contribution in [0.25, 0.3) is 22.2 Å². The van der Waals surface area contributed by atoms with Crippen molar-refractivity contribution in [2.75, 3.05) is 0 Å². The van der Waals surface area contributed by atoms with Crippen molar-refractivity contribution >= 4 is 16.7 Å². The summed E-state index contributed by atoms with van der Waals surface area (Å²) in [5.41, 5.74) is 1.43. The number of hydrogen-bond donors (Lipinski definition) is 1. The molecule has 21 heavy (non-hydrogen) atoms. The summed E-state index contributed by atoms with van der Waals surface area (Å²) >= 11 is 0. The monoisotopic (exact) mass is 281 g/mol. The molecule has 0 radical (unpaired) electrons. The first-order valence-electron chi connectivity index (χ1n) is 6.46. The van der Waals surface area contributed by atoms with Crippen molar-refractivity contribution in [1.29, 1.82) is 0 Å². The molecule has 0 aliphatic heterocycles. The van der Waals surface area contributed by atoms with Crippen molar-refractivity contribution < 1.29 is 14.3 Å². The maximum atomic E-state index is 13.4. The van der Waals surface area contributed by atoms with Crippen LogP contribution < -0.4 is 0 Å². The van der Waals surface area contributed by atoms with E-state index in [2.05, 4.69) is 4.98 Å². The van der Waals surface area contributed by atoms with Gasteiger partial charge in [0.1, 0.15) is 11.5 Å². The number of rotatable bonds is 2. The van der Waals surface area contributed by atoms with E-state index in [9.17, 15) is 14.3 Å². The average molecular weight is 281 g/mol. The third kappa shape index (κ3) is 2.25. The Bertz CT molecular complexity index is 859. The van der Waals surface area contributed by atoms with Crippen LogP contribution in [-0.2, 0) is 0 Å². The van der Waals surface area contributed by atoms with Crippen LogP contribution in [0.15, 0.2) is 48.5 Å². The van der Waals surface area contributed by atoms with Gasteiger partial charge in [-0.15, -0.1) is 0 Å². The molecule has 0 aliphatic rings.